The van der Waals surface area contributed by atoms with Gasteiger partial charge in [-0.3, -0.25) is 4.57 Å². The van der Waals surface area contributed by atoms with Crippen molar-refractivity contribution in [1.29, 1.82) is 0 Å². The van der Waals surface area contributed by atoms with Crippen LogP contribution in [0.5, 0.6) is 0 Å². The van der Waals surface area contributed by atoms with Crippen molar-refractivity contribution in [3.8, 4) is 5.95 Å². The zero-order valence-electron chi connectivity index (χ0n) is 10.7. The molecule has 1 saturated heterocycles. The molecule has 100 valence electrons. The predicted octanol–water partition coefficient (Wildman–Crippen LogP) is 1.95. The molecule has 1 fully saturated rings. The van der Waals surface area contributed by atoms with Crippen LogP contribution in [0, 0.1) is 5.92 Å². The highest BCUT2D eigenvalue weighted by Crippen LogP contribution is 2.21. The molecule has 1 aliphatic rings. The van der Waals surface area contributed by atoms with Gasteiger partial charge >= 0.3 is 0 Å². The summed E-state index contributed by atoms with van der Waals surface area (Å²) in [4.78, 5) is 19.0. The molecule has 0 N–H and O–H groups in total. The molecule has 0 aromatic carbocycles. The summed E-state index contributed by atoms with van der Waals surface area (Å²) in [6.07, 6.45) is 7.53. The van der Waals surface area contributed by atoms with Crippen LogP contribution < -0.4 is 4.90 Å². The van der Waals surface area contributed by atoms with E-state index in [-0.39, 0.29) is 5.28 Å². The average Bonchev–Trinajstić information content (AvgIpc) is 2.92. The molecule has 0 aliphatic carbocycles. The van der Waals surface area contributed by atoms with Crippen LogP contribution in [0.25, 0.3) is 5.95 Å². The lowest BCUT2D eigenvalue weighted by Gasteiger charge is -2.30. The van der Waals surface area contributed by atoms with E-state index < -0.39 is 0 Å². The van der Waals surface area contributed by atoms with E-state index in [4.69, 9.17) is 11.6 Å². The van der Waals surface area contributed by atoms with Crippen molar-refractivity contribution in [3.05, 3.63) is 24.0 Å². The molecular formula is C12H15ClN6. The SMILES string of the molecule is CC1CCCN(c2nc(Cl)nc(-n3ccnc3)n2)C1. The first-order chi connectivity index (χ1) is 9.22. The van der Waals surface area contributed by atoms with Gasteiger partial charge in [-0.05, 0) is 30.4 Å². The Hall–Kier alpha value is -1.69. The molecule has 7 heteroatoms. The standard InChI is InChI=1S/C12H15ClN6/c1-9-3-2-5-18(7-9)11-15-10(13)16-12(17-11)19-6-4-14-8-19/h4,6,8-9H,2-3,5,7H2,1H3. The van der Waals surface area contributed by atoms with Gasteiger partial charge in [0.1, 0.15) is 6.33 Å². The van der Waals surface area contributed by atoms with Gasteiger partial charge in [-0.15, -0.1) is 0 Å². The molecule has 2 aromatic heterocycles. The third kappa shape index (κ3) is 2.68. The first-order valence-corrected chi connectivity index (χ1v) is 6.75. The highest BCUT2D eigenvalue weighted by Gasteiger charge is 2.20. The number of hydrogen-bond acceptors (Lipinski definition) is 5. The maximum absolute atomic E-state index is 6.00. The Morgan fingerprint density at radius 2 is 2.11 bits per heavy atom. The molecule has 0 saturated carbocycles. The van der Waals surface area contributed by atoms with Gasteiger partial charge in [0.25, 0.3) is 0 Å². The zero-order valence-corrected chi connectivity index (χ0v) is 11.5. The highest BCUT2D eigenvalue weighted by atomic mass is 35.5. The molecule has 6 nitrogen and oxygen atoms in total. The van der Waals surface area contributed by atoms with Crippen LogP contribution in [0.2, 0.25) is 5.28 Å². The minimum Gasteiger partial charge on any atom is -0.340 e. The highest BCUT2D eigenvalue weighted by molar-refractivity contribution is 6.28. The number of aromatic nitrogens is 5. The molecule has 1 unspecified atom stereocenters. The Kier molecular flexibility index (Phi) is 3.33. The summed E-state index contributed by atoms with van der Waals surface area (Å²) in [6.45, 7) is 4.17. The van der Waals surface area contributed by atoms with Crippen molar-refractivity contribution in [1.82, 2.24) is 24.5 Å². The fraction of sp³-hybridized carbons (Fsp3) is 0.500. The molecule has 0 radical (unpaired) electrons. The third-order valence-electron chi connectivity index (χ3n) is 3.26. The van der Waals surface area contributed by atoms with E-state index in [9.17, 15) is 0 Å². The van der Waals surface area contributed by atoms with E-state index in [0.717, 1.165) is 19.5 Å². The van der Waals surface area contributed by atoms with Crippen LogP contribution in [0.3, 0.4) is 0 Å². The monoisotopic (exact) mass is 278 g/mol. The number of hydrogen-bond donors (Lipinski definition) is 0. The van der Waals surface area contributed by atoms with Crippen molar-refractivity contribution in [2.24, 2.45) is 5.92 Å². The van der Waals surface area contributed by atoms with Gasteiger partial charge in [-0.25, -0.2) is 4.98 Å². The van der Waals surface area contributed by atoms with Gasteiger partial charge in [0.15, 0.2) is 0 Å². The van der Waals surface area contributed by atoms with Gasteiger partial charge in [0.2, 0.25) is 17.2 Å². The second kappa shape index (κ2) is 5.13. The first-order valence-electron chi connectivity index (χ1n) is 6.37. The topological polar surface area (TPSA) is 59.7 Å². The number of imidazole rings is 1. The normalized spacial score (nSPS) is 19.7. The van der Waals surface area contributed by atoms with E-state index in [2.05, 4.69) is 31.8 Å². The van der Waals surface area contributed by atoms with E-state index in [1.165, 1.54) is 6.42 Å². The molecule has 3 rings (SSSR count). The van der Waals surface area contributed by atoms with Crippen molar-refractivity contribution in [3.63, 3.8) is 0 Å². The van der Waals surface area contributed by atoms with Crippen molar-refractivity contribution in [2.75, 3.05) is 18.0 Å². The fourth-order valence-corrected chi connectivity index (χ4v) is 2.49. The Labute approximate surface area is 116 Å². The second-order valence-corrected chi connectivity index (χ2v) is 5.21. The number of rotatable bonds is 2. The van der Waals surface area contributed by atoms with Crippen molar-refractivity contribution < 1.29 is 0 Å². The summed E-state index contributed by atoms with van der Waals surface area (Å²) in [6, 6.07) is 0. The summed E-state index contributed by atoms with van der Waals surface area (Å²) >= 11 is 6.00. The minimum atomic E-state index is 0.215. The van der Waals surface area contributed by atoms with E-state index in [0.29, 0.717) is 17.8 Å². The van der Waals surface area contributed by atoms with E-state index in [1.807, 2.05) is 0 Å². The van der Waals surface area contributed by atoms with Crippen LogP contribution in [0.4, 0.5) is 5.95 Å². The lowest BCUT2D eigenvalue weighted by atomic mass is 10.0. The Bertz CT molecular complexity index is 555. The van der Waals surface area contributed by atoms with Gasteiger partial charge < -0.3 is 4.90 Å². The average molecular weight is 279 g/mol. The van der Waals surface area contributed by atoms with Crippen LogP contribution >= 0.6 is 11.6 Å². The van der Waals surface area contributed by atoms with Gasteiger partial charge in [-0.2, -0.15) is 15.0 Å². The summed E-state index contributed by atoms with van der Waals surface area (Å²) in [5.74, 6) is 1.81. The van der Waals surface area contributed by atoms with Gasteiger partial charge in [0.05, 0.1) is 0 Å². The van der Waals surface area contributed by atoms with E-state index in [1.54, 1.807) is 23.3 Å². The van der Waals surface area contributed by atoms with Crippen LogP contribution in [-0.4, -0.2) is 37.6 Å². The van der Waals surface area contributed by atoms with Crippen LogP contribution in [0.1, 0.15) is 19.8 Å². The molecule has 3 heterocycles. The Morgan fingerprint density at radius 3 is 2.84 bits per heavy atom. The summed E-state index contributed by atoms with van der Waals surface area (Å²) < 4.78 is 1.73. The van der Waals surface area contributed by atoms with Crippen molar-refractivity contribution >= 4 is 17.5 Å². The largest absolute Gasteiger partial charge is 0.340 e. The van der Waals surface area contributed by atoms with Crippen LogP contribution in [0.15, 0.2) is 18.7 Å². The summed E-state index contributed by atoms with van der Waals surface area (Å²) in [5.41, 5.74) is 0. The first kappa shape index (κ1) is 12.3. The summed E-state index contributed by atoms with van der Waals surface area (Å²) in [5, 5.41) is 0.215. The summed E-state index contributed by atoms with van der Waals surface area (Å²) in [7, 11) is 0. The number of nitrogens with zero attached hydrogens (tertiary/aromatic N) is 6. The smallest absolute Gasteiger partial charge is 0.241 e. The third-order valence-corrected chi connectivity index (χ3v) is 3.43. The zero-order chi connectivity index (χ0) is 13.2. The minimum absolute atomic E-state index is 0.215. The number of anilines is 1. The molecule has 1 atom stereocenters. The molecule has 0 bridgehead atoms. The van der Waals surface area contributed by atoms with Gasteiger partial charge in [-0.1, -0.05) is 6.92 Å². The molecule has 19 heavy (non-hydrogen) atoms. The molecule has 0 amide bonds. The number of halogens is 1. The van der Waals surface area contributed by atoms with Crippen LogP contribution in [-0.2, 0) is 0 Å². The quantitative estimate of drug-likeness (QED) is 0.840. The molecule has 0 spiro atoms. The second-order valence-electron chi connectivity index (χ2n) is 4.87. The maximum Gasteiger partial charge on any atom is 0.241 e. The number of piperidine rings is 1. The van der Waals surface area contributed by atoms with Gasteiger partial charge in [0, 0.05) is 25.5 Å². The molecule has 2 aromatic rings. The maximum atomic E-state index is 6.00. The predicted molar refractivity (Wildman–Crippen MR) is 72.6 cm³/mol. The van der Waals surface area contributed by atoms with Crippen molar-refractivity contribution in [2.45, 2.75) is 19.8 Å². The Morgan fingerprint density at radius 1 is 1.26 bits per heavy atom. The fourth-order valence-electron chi connectivity index (χ4n) is 2.33. The lowest BCUT2D eigenvalue weighted by molar-refractivity contribution is 0.441. The lowest BCUT2D eigenvalue weighted by Crippen LogP contribution is -2.35. The van der Waals surface area contributed by atoms with E-state index >= 15 is 0 Å². The Balaban J connectivity index is 1.93. The molecule has 1 aliphatic heterocycles. The molecular weight excluding hydrogens is 264 g/mol.